The molecule has 1 saturated heterocycles. The van der Waals surface area contributed by atoms with Crippen LogP contribution in [0.4, 0.5) is 11.8 Å². The molecule has 8 nitrogen and oxygen atoms in total. The zero-order chi connectivity index (χ0) is 15.8. The highest BCUT2D eigenvalue weighted by atomic mass is 16.3. The maximum absolute atomic E-state index is 6.07. The molecule has 0 radical (unpaired) electrons. The molecule has 1 fully saturated rings. The lowest BCUT2D eigenvalue weighted by atomic mass is 10.1. The first kappa shape index (κ1) is 14.0. The first-order valence-electron chi connectivity index (χ1n) is 7.73. The molecule has 3 aromatic rings. The topological polar surface area (TPSA) is 97.5 Å². The fourth-order valence-electron chi connectivity index (χ4n) is 2.97. The molecule has 0 aromatic carbocycles. The minimum absolute atomic E-state index is 0.323. The number of nitrogens with zero attached hydrogens (tertiary/aromatic N) is 5. The Morgan fingerprint density at radius 2 is 2.17 bits per heavy atom. The van der Waals surface area contributed by atoms with Crippen LogP contribution in [0.1, 0.15) is 12.8 Å². The largest absolute Gasteiger partial charge is 0.461 e. The number of hydrogen-bond donors (Lipinski definition) is 2. The van der Waals surface area contributed by atoms with Gasteiger partial charge < -0.3 is 20.4 Å². The van der Waals surface area contributed by atoms with Gasteiger partial charge in [-0.3, -0.25) is 0 Å². The zero-order valence-corrected chi connectivity index (χ0v) is 12.9. The van der Waals surface area contributed by atoms with Gasteiger partial charge in [0.1, 0.15) is 5.82 Å². The van der Waals surface area contributed by atoms with Crippen LogP contribution < -0.4 is 16.0 Å². The first-order chi connectivity index (χ1) is 11.2. The van der Waals surface area contributed by atoms with E-state index in [9.17, 15) is 0 Å². The van der Waals surface area contributed by atoms with Crippen LogP contribution in [-0.4, -0.2) is 45.8 Å². The zero-order valence-electron chi connectivity index (χ0n) is 12.9. The molecule has 0 saturated carbocycles. The molecule has 120 valence electrons. The van der Waals surface area contributed by atoms with Crippen LogP contribution in [0.3, 0.4) is 0 Å². The van der Waals surface area contributed by atoms with Crippen LogP contribution in [0, 0.1) is 0 Å². The smallest absolute Gasteiger partial charge is 0.225 e. The quantitative estimate of drug-likeness (QED) is 0.748. The van der Waals surface area contributed by atoms with Gasteiger partial charge in [0.05, 0.1) is 6.26 Å². The van der Waals surface area contributed by atoms with Crippen LogP contribution in [0.2, 0.25) is 0 Å². The highest BCUT2D eigenvalue weighted by Crippen LogP contribution is 2.23. The molecule has 0 unspecified atom stereocenters. The van der Waals surface area contributed by atoms with Crippen LogP contribution in [0.15, 0.2) is 28.9 Å². The van der Waals surface area contributed by atoms with E-state index in [4.69, 9.17) is 10.2 Å². The molecule has 0 aliphatic carbocycles. The van der Waals surface area contributed by atoms with Crippen LogP contribution in [-0.2, 0) is 0 Å². The van der Waals surface area contributed by atoms with Crippen molar-refractivity contribution in [2.45, 2.75) is 18.9 Å². The standard InChI is InChI=1S/C15H19N7O/c1-21(10-4-6-17-7-5-10)12-9-13-18-14(11-3-2-8-23-11)20-22(13)15(16)19-12/h2-3,8-10,17H,4-7H2,1H3,(H2,16,19). The van der Waals surface area contributed by atoms with Gasteiger partial charge >= 0.3 is 0 Å². The summed E-state index contributed by atoms with van der Waals surface area (Å²) in [6, 6.07) is 6.00. The van der Waals surface area contributed by atoms with Crippen LogP contribution in [0.5, 0.6) is 0 Å². The number of anilines is 2. The van der Waals surface area contributed by atoms with E-state index in [-0.39, 0.29) is 0 Å². The van der Waals surface area contributed by atoms with E-state index < -0.39 is 0 Å². The highest BCUT2D eigenvalue weighted by molar-refractivity contribution is 5.59. The SMILES string of the molecule is CN(c1cc2nc(-c3ccco3)nn2c(N)n1)C1CCNCC1. The summed E-state index contributed by atoms with van der Waals surface area (Å²) in [6.07, 6.45) is 3.78. The Balaban J connectivity index is 1.71. The molecular formula is C15H19N7O. The van der Waals surface area contributed by atoms with E-state index in [1.54, 1.807) is 12.3 Å². The van der Waals surface area contributed by atoms with E-state index >= 15 is 0 Å². The van der Waals surface area contributed by atoms with E-state index in [0.717, 1.165) is 31.7 Å². The third-order valence-electron chi connectivity index (χ3n) is 4.30. The van der Waals surface area contributed by atoms with Crippen molar-refractivity contribution in [3.63, 3.8) is 0 Å². The summed E-state index contributed by atoms with van der Waals surface area (Å²) in [5.41, 5.74) is 6.74. The third kappa shape index (κ3) is 2.50. The van der Waals surface area contributed by atoms with Gasteiger partial charge in [-0.15, -0.1) is 5.10 Å². The lowest BCUT2D eigenvalue weighted by molar-refractivity contribution is 0.441. The number of nitrogens with two attached hydrogens (primary N) is 1. The van der Waals surface area contributed by atoms with E-state index in [2.05, 4.69) is 32.3 Å². The molecule has 1 aliphatic rings. The van der Waals surface area contributed by atoms with Gasteiger partial charge in [0.25, 0.3) is 0 Å². The summed E-state index contributed by atoms with van der Waals surface area (Å²) >= 11 is 0. The van der Waals surface area contributed by atoms with Gasteiger partial charge in [-0.05, 0) is 38.1 Å². The number of furan rings is 1. The van der Waals surface area contributed by atoms with Crippen molar-refractivity contribution >= 4 is 17.4 Å². The number of nitrogen functional groups attached to an aromatic ring is 1. The highest BCUT2D eigenvalue weighted by Gasteiger charge is 2.21. The number of rotatable bonds is 3. The van der Waals surface area contributed by atoms with Crippen molar-refractivity contribution < 1.29 is 4.42 Å². The molecular weight excluding hydrogens is 294 g/mol. The van der Waals surface area contributed by atoms with Crippen molar-refractivity contribution in [2.75, 3.05) is 30.8 Å². The number of aromatic nitrogens is 4. The normalized spacial score (nSPS) is 16.0. The van der Waals surface area contributed by atoms with Crippen molar-refractivity contribution in [1.29, 1.82) is 0 Å². The van der Waals surface area contributed by atoms with Crippen molar-refractivity contribution in [1.82, 2.24) is 24.9 Å². The lowest BCUT2D eigenvalue weighted by Crippen LogP contribution is -2.41. The van der Waals surface area contributed by atoms with Gasteiger partial charge in [-0.1, -0.05) is 0 Å². The maximum atomic E-state index is 6.07. The molecule has 0 spiro atoms. The number of hydrogen-bond acceptors (Lipinski definition) is 7. The van der Waals surface area contributed by atoms with E-state index in [0.29, 0.717) is 29.2 Å². The predicted octanol–water partition coefficient (Wildman–Crippen LogP) is 1.15. The number of fused-ring (bicyclic) bond motifs is 1. The van der Waals surface area contributed by atoms with Gasteiger partial charge in [-0.25, -0.2) is 4.98 Å². The number of nitrogens with one attached hydrogen (secondary N) is 1. The van der Waals surface area contributed by atoms with Crippen LogP contribution >= 0.6 is 0 Å². The second-order valence-electron chi connectivity index (χ2n) is 5.75. The first-order valence-corrected chi connectivity index (χ1v) is 7.73. The van der Waals surface area contributed by atoms with Gasteiger partial charge in [0.2, 0.25) is 11.8 Å². The third-order valence-corrected chi connectivity index (χ3v) is 4.30. The Labute approximate surface area is 133 Å². The summed E-state index contributed by atoms with van der Waals surface area (Å²) < 4.78 is 6.88. The molecule has 1 aliphatic heterocycles. The molecule has 8 heteroatoms. The molecule has 3 N–H and O–H groups in total. The molecule has 4 rings (SSSR count). The predicted molar refractivity (Wildman–Crippen MR) is 87.2 cm³/mol. The molecule has 0 amide bonds. The average molecular weight is 313 g/mol. The van der Waals surface area contributed by atoms with Gasteiger partial charge in [0, 0.05) is 19.2 Å². The van der Waals surface area contributed by atoms with Crippen molar-refractivity contribution in [3.05, 3.63) is 24.5 Å². The second-order valence-corrected chi connectivity index (χ2v) is 5.75. The Hall–Kier alpha value is -2.61. The second kappa shape index (κ2) is 5.54. The van der Waals surface area contributed by atoms with Crippen LogP contribution in [0.25, 0.3) is 17.2 Å². The number of piperidine rings is 1. The Kier molecular flexibility index (Phi) is 3.38. The monoisotopic (exact) mass is 313 g/mol. The fraction of sp³-hybridized carbons (Fsp3) is 0.400. The molecule has 23 heavy (non-hydrogen) atoms. The van der Waals surface area contributed by atoms with E-state index in [1.165, 1.54) is 4.52 Å². The Bertz CT molecular complexity index is 805. The summed E-state index contributed by atoms with van der Waals surface area (Å²) in [5.74, 6) is 2.26. The Morgan fingerprint density at radius 3 is 2.91 bits per heavy atom. The summed E-state index contributed by atoms with van der Waals surface area (Å²) in [7, 11) is 2.05. The maximum Gasteiger partial charge on any atom is 0.225 e. The van der Waals surface area contributed by atoms with Gasteiger partial charge in [0.15, 0.2) is 11.4 Å². The van der Waals surface area contributed by atoms with Crippen molar-refractivity contribution in [3.8, 4) is 11.6 Å². The van der Waals surface area contributed by atoms with E-state index in [1.807, 2.05) is 12.1 Å². The minimum Gasteiger partial charge on any atom is -0.461 e. The summed E-state index contributed by atoms with van der Waals surface area (Å²) in [5, 5.41) is 7.74. The average Bonchev–Trinajstić information content (AvgIpc) is 3.24. The van der Waals surface area contributed by atoms with Gasteiger partial charge in [-0.2, -0.15) is 9.50 Å². The molecule has 4 heterocycles. The summed E-state index contributed by atoms with van der Waals surface area (Å²) in [4.78, 5) is 11.2. The molecule has 0 atom stereocenters. The Morgan fingerprint density at radius 1 is 1.35 bits per heavy atom. The molecule has 3 aromatic heterocycles. The lowest BCUT2D eigenvalue weighted by Gasteiger charge is -2.32. The summed E-state index contributed by atoms with van der Waals surface area (Å²) in [6.45, 7) is 2.06. The molecule has 0 bridgehead atoms. The van der Waals surface area contributed by atoms with Crippen molar-refractivity contribution in [2.24, 2.45) is 0 Å². The fourth-order valence-corrected chi connectivity index (χ4v) is 2.97. The minimum atomic E-state index is 0.323.